The third-order valence-electron chi connectivity index (χ3n) is 7.56. The van der Waals surface area contributed by atoms with Crippen LogP contribution in [0.25, 0.3) is 0 Å². The summed E-state index contributed by atoms with van der Waals surface area (Å²) in [6, 6.07) is 2.50. The number of anilines is 1. The fraction of sp³-hybridized carbons (Fsp3) is 0.792. The fourth-order valence-corrected chi connectivity index (χ4v) is 5.17. The standard InChI is InChI=1S/C24H40N4O2/c1-3-18(2)24(29)26-20-6-4-19(5-7-20)9-12-27-13-15-28(16-14-27)23-21-10-17-30-22(21)8-11-25-23/h8,11,18-20,24,26,29H,3-7,9-10,12-17H2,1-2H3. The number of nitrogens with zero attached hydrogens (tertiary/aromatic N) is 3. The highest BCUT2D eigenvalue weighted by atomic mass is 16.5. The molecule has 1 saturated carbocycles. The number of fused-ring (bicyclic) bond motifs is 1. The lowest BCUT2D eigenvalue weighted by Crippen LogP contribution is -2.47. The number of aliphatic hydroxyl groups excluding tert-OH is 1. The molecule has 0 spiro atoms. The molecule has 168 valence electrons. The largest absolute Gasteiger partial charge is 0.493 e. The van der Waals surface area contributed by atoms with Crippen LogP contribution in [0.5, 0.6) is 5.75 Å². The van der Waals surface area contributed by atoms with Crippen molar-refractivity contribution in [1.29, 1.82) is 0 Å². The van der Waals surface area contributed by atoms with Gasteiger partial charge in [0.25, 0.3) is 0 Å². The maximum Gasteiger partial charge on any atom is 0.135 e. The molecule has 0 amide bonds. The van der Waals surface area contributed by atoms with Gasteiger partial charge >= 0.3 is 0 Å². The van der Waals surface area contributed by atoms with E-state index in [2.05, 4.69) is 33.9 Å². The summed E-state index contributed by atoms with van der Waals surface area (Å²) in [7, 11) is 0. The van der Waals surface area contributed by atoms with Crippen LogP contribution >= 0.6 is 0 Å². The third kappa shape index (κ3) is 5.27. The second-order valence-electron chi connectivity index (χ2n) is 9.54. The monoisotopic (exact) mass is 416 g/mol. The molecular weight excluding hydrogens is 376 g/mol. The van der Waals surface area contributed by atoms with Crippen LogP contribution < -0.4 is 15.0 Å². The Hall–Kier alpha value is -1.37. The molecule has 1 aromatic rings. The van der Waals surface area contributed by atoms with Gasteiger partial charge in [-0.1, -0.05) is 13.8 Å². The molecule has 30 heavy (non-hydrogen) atoms. The first-order chi connectivity index (χ1) is 14.6. The van der Waals surface area contributed by atoms with Crippen molar-refractivity contribution in [2.75, 3.05) is 44.2 Å². The van der Waals surface area contributed by atoms with Gasteiger partial charge in [-0.15, -0.1) is 0 Å². The van der Waals surface area contributed by atoms with E-state index in [1.807, 2.05) is 12.3 Å². The summed E-state index contributed by atoms with van der Waals surface area (Å²) < 4.78 is 5.71. The molecule has 3 aliphatic rings. The van der Waals surface area contributed by atoms with Gasteiger partial charge in [0.1, 0.15) is 17.8 Å². The van der Waals surface area contributed by atoms with E-state index in [0.29, 0.717) is 12.0 Å². The molecule has 4 rings (SSSR count). The van der Waals surface area contributed by atoms with Crippen molar-refractivity contribution in [3.8, 4) is 5.75 Å². The van der Waals surface area contributed by atoms with Gasteiger partial charge in [-0.05, 0) is 63.0 Å². The zero-order valence-electron chi connectivity index (χ0n) is 18.9. The Morgan fingerprint density at radius 2 is 1.97 bits per heavy atom. The molecule has 2 unspecified atom stereocenters. The maximum atomic E-state index is 10.2. The Morgan fingerprint density at radius 3 is 2.70 bits per heavy atom. The highest BCUT2D eigenvalue weighted by Gasteiger charge is 2.27. The molecule has 1 saturated heterocycles. The smallest absolute Gasteiger partial charge is 0.135 e. The van der Waals surface area contributed by atoms with E-state index in [1.165, 1.54) is 44.2 Å². The zero-order valence-corrected chi connectivity index (χ0v) is 18.9. The zero-order chi connectivity index (χ0) is 20.9. The number of piperazine rings is 1. The average Bonchev–Trinajstić information content (AvgIpc) is 3.27. The van der Waals surface area contributed by atoms with Crippen molar-refractivity contribution >= 4 is 5.82 Å². The molecule has 1 aromatic heterocycles. The molecule has 0 aromatic carbocycles. The van der Waals surface area contributed by atoms with Gasteiger partial charge in [0, 0.05) is 50.4 Å². The van der Waals surface area contributed by atoms with Gasteiger partial charge in [-0.25, -0.2) is 4.98 Å². The van der Waals surface area contributed by atoms with Crippen LogP contribution in [0.1, 0.15) is 57.9 Å². The van der Waals surface area contributed by atoms with E-state index in [-0.39, 0.29) is 6.23 Å². The number of rotatable bonds is 8. The first kappa shape index (κ1) is 21.8. The molecular formula is C24H40N4O2. The molecule has 0 bridgehead atoms. The van der Waals surface area contributed by atoms with Gasteiger partial charge in [-0.3, -0.25) is 10.2 Å². The summed E-state index contributed by atoms with van der Waals surface area (Å²) in [5.41, 5.74) is 1.30. The summed E-state index contributed by atoms with van der Waals surface area (Å²) >= 11 is 0. The number of hydrogen-bond donors (Lipinski definition) is 2. The minimum atomic E-state index is -0.347. The van der Waals surface area contributed by atoms with Gasteiger partial charge < -0.3 is 14.7 Å². The molecule has 1 aliphatic carbocycles. The van der Waals surface area contributed by atoms with Crippen molar-refractivity contribution in [2.45, 2.75) is 71.1 Å². The second kappa shape index (κ2) is 10.3. The Labute approximate surface area is 182 Å². The first-order valence-electron chi connectivity index (χ1n) is 12.2. The highest BCUT2D eigenvalue weighted by molar-refractivity contribution is 5.55. The summed E-state index contributed by atoms with van der Waals surface area (Å²) in [4.78, 5) is 9.75. The predicted molar refractivity (Wildman–Crippen MR) is 121 cm³/mol. The summed E-state index contributed by atoms with van der Waals surface area (Å²) in [5, 5.41) is 13.7. The first-order valence-corrected chi connectivity index (χ1v) is 12.2. The van der Waals surface area contributed by atoms with Crippen molar-refractivity contribution < 1.29 is 9.84 Å². The minimum Gasteiger partial charge on any atom is -0.493 e. The van der Waals surface area contributed by atoms with Crippen LogP contribution in [0.3, 0.4) is 0 Å². The van der Waals surface area contributed by atoms with Gasteiger partial charge in [0.15, 0.2) is 0 Å². The topological polar surface area (TPSA) is 60.9 Å². The predicted octanol–water partition coefficient (Wildman–Crippen LogP) is 3.04. The number of nitrogens with one attached hydrogen (secondary N) is 1. The van der Waals surface area contributed by atoms with Gasteiger partial charge in [0.05, 0.1) is 6.61 Å². The molecule has 6 heteroatoms. The van der Waals surface area contributed by atoms with E-state index >= 15 is 0 Å². The number of pyridine rings is 1. The van der Waals surface area contributed by atoms with Crippen LogP contribution in [-0.4, -0.2) is 66.6 Å². The van der Waals surface area contributed by atoms with Crippen LogP contribution in [0, 0.1) is 11.8 Å². The van der Waals surface area contributed by atoms with E-state index in [4.69, 9.17) is 4.74 Å². The van der Waals surface area contributed by atoms with E-state index < -0.39 is 0 Å². The number of hydrogen-bond acceptors (Lipinski definition) is 6. The third-order valence-corrected chi connectivity index (χ3v) is 7.56. The van der Waals surface area contributed by atoms with Gasteiger partial charge in [0.2, 0.25) is 0 Å². The number of aromatic nitrogens is 1. The van der Waals surface area contributed by atoms with Crippen LogP contribution in [0.15, 0.2) is 12.3 Å². The Bertz CT molecular complexity index is 669. The molecule has 2 fully saturated rings. The van der Waals surface area contributed by atoms with Crippen LogP contribution in [0.4, 0.5) is 5.82 Å². The van der Waals surface area contributed by atoms with Crippen LogP contribution in [-0.2, 0) is 6.42 Å². The molecule has 2 N–H and O–H groups in total. The molecule has 3 heterocycles. The Balaban J connectivity index is 1.15. The number of aliphatic hydroxyl groups is 1. The quantitative estimate of drug-likeness (QED) is 0.635. The lowest BCUT2D eigenvalue weighted by atomic mass is 9.83. The van der Waals surface area contributed by atoms with Crippen molar-refractivity contribution in [3.05, 3.63) is 17.8 Å². The van der Waals surface area contributed by atoms with E-state index in [9.17, 15) is 5.11 Å². The average molecular weight is 417 g/mol. The minimum absolute atomic E-state index is 0.334. The summed E-state index contributed by atoms with van der Waals surface area (Å²) in [6.45, 7) is 10.7. The van der Waals surface area contributed by atoms with Crippen molar-refractivity contribution in [2.24, 2.45) is 11.8 Å². The maximum absolute atomic E-state index is 10.2. The fourth-order valence-electron chi connectivity index (χ4n) is 5.17. The highest BCUT2D eigenvalue weighted by Crippen LogP contribution is 2.32. The molecule has 0 radical (unpaired) electrons. The van der Waals surface area contributed by atoms with Crippen molar-refractivity contribution in [1.82, 2.24) is 15.2 Å². The SMILES string of the molecule is CCC(C)C(O)NC1CCC(CCN2CCN(c3nccc4c3CCO4)CC2)CC1. The summed E-state index contributed by atoms with van der Waals surface area (Å²) in [5.74, 6) is 3.36. The molecule has 6 nitrogen and oxygen atoms in total. The van der Waals surface area contributed by atoms with Crippen LogP contribution in [0.2, 0.25) is 0 Å². The molecule has 2 atom stereocenters. The van der Waals surface area contributed by atoms with E-state index in [1.54, 1.807) is 0 Å². The lowest BCUT2D eigenvalue weighted by molar-refractivity contribution is 0.0586. The van der Waals surface area contributed by atoms with Crippen molar-refractivity contribution in [3.63, 3.8) is 0 Å². The van der Waals surface area contributed by atoms with Gasteiger partial charge in [-0.2, -0.15) is 0 Å². The Kier molecular flexibility index (Phi) is 7.50. The lowest BCUT2D eigenvalue weighted by Gasteiger charge is -2.37. The normalized spacial score (nSPS) is 26.8. The summed E-state index contributed by atoms with van der Waals surface area (Å²) in [6.07, 6.45) is 9.87. The molecule has 2 aliphatic heterocycles. The van der Waals surface area contributed by atoms with E-state index in [0.717, 1.165) is 63.1 Å². The number of ether oxygens (including phenoxy) is 1. The Morgan fingerprint density at radius 1 is 1.20 bits per heavy atom. The second-order valence-corrected chi connectivity index (χ2v) is 9.54.